The maximum absolute atomic E-state index is 13.3. The fraction of sp³-hybridized carbons (Fsp3) is 0.192. The number of H-pyrrole nitrogens is 1. The minimum Gasteiger partial charge on any atom is -0.475 e. The lowest BCUT2D eigenvalue weighted by Gasteiger charge is -2.18. The molecule has 2 heterocycles. The van der Waals surface area contributed by atoms with Crippen molar-refractivity contribution >= 4 is 43.0 Å². The topological polar surface area (TPSA) is 175 Å². The third-order valence-electron chi connectivity index (χ3n) is 6.19. The predicted molar refractivity (Wildman–Crippen MR) is 144 cm³/mol. The summed E-state index contributed by atoms with van der Waals surface area (Å²) in [5.41, 5.74) is 2.57. The molecule has 0 spiro atoms. The highest BCUT2D eigenvalue weighted by atomic mass is 32.2. The molecule has 228 valence electrons. The van der Waals surface area contributed by atoms with Gasteiger partial charge in [0.25, 0.3) is 0 Å². The number of carboxylic acids is 1. The number of carboxylic acid groups (broad SMARTS) is 1. The number of aromatic nitrogens is 2. The Hall–Kier alpha value is -4.35. The summed E-state index contributed by atoms with van der Waals surface area (Å²) in [6.07, 6.45) is -5.05. The monoisotopic (exact) mass is 642 g/mol. The van der Waals surface area contributed by atoms with Crippen molar-refractivity contribution in [2.24, 2.45) is 0 Å². The number of fused-ring (bicyclic) bond motifs is 1. The van der Waals surface area contributed by atoms with E-state index in [4.69, 9.17) is 9.90 Å². The number of aromatic amines is 1. The molecule has 4 aromatic rings. The van der Waals surface area contributed by atoms with Crippen LogP contribution in [0.5, 0.6) is 0 Å². The Morgan fingerprint density at radius 1 is 1.05 bits per heavy atom. The van der Waals surface area contributed by atoms with Gasteiger partial charge in [-0.15, -0.1) is 0 Å². The fourth-order valence-electron chi connectivity index (χ4n) is 4.15. The zero-order valence-corrected chi connectivity index (χ0v) is 23.3. The number of rotatable bonds is 7. The number of halogens is 4. The van der Waals surface area contributed by atoms with E-state index >= 15 is 0 Å². The van der Waals surface area contributed by atoms with Crippen LogP contribution in [0, 0.1) is 5.82 Å². The number of carbonyl (C=O) groups excluding carboxylic acids is 1. The average molecular weight is 643 g/mol. The quantitative estimate of drug-likeness (QED) is 0.222. The predicted octanol–water partition coefficient (Wildman–Crippen LogP) is 3.49. The lowest BCUT2D eigenvalue weighted by molar-refractivity contribution is -0.192. The standard InChI is InChI=1S/C24H21FN4O5S2.C2HF3O2/c25-17-9-11-18(12-10-17)35(31,32)28-21(24-26-19-3-1-2-4-20(19)27-24)13-15-5-7-16(8-6-15)22-14-23(30)29-36(22,33)34;3-2(4,5)1(6)7/h1-12,21-22,28H,13-14H2,(H,26,27)(H,29,30);(H,6,7)/t21-,22?;/m0./s1. The van der Waals surface area contributed by atoms with Crippen LogP contribution in [0.3, 0.4) is 0 Å². The van der Waals surface area contributed by atoms with Gasteiger partial charge in [-0.05, 0) is 53.9 Å². The summed E-state index contributed by atoms with van der Waals surface area (Å²) in [7, 11) is -7.80. The molecule has 0 aliphatic carbocycles. The Morgan fingerprint density at radius 2 is 1.65 bits per heavy atom. The van der Waals surface area contributed by atoms with Crippen molar-refractivity contribution in [2.75, 3.05) is 0 Å². The zero-order valence-electron chi connectivity index (χ0n) is 21.7. The molecule has 3 aromatic carbocycles. The first-order valence-corrected chi connectivity index (χ1v) is 15.2. The summed E-state index contributed by atoms with van der Waals surface area (Å²) in [4.78, 5) is 28.1. The molecule has 1 aliphatic heterocycles. The highest BCUT2D eigenvalue weighted by molar-refractivity contribution is 7.90. The Morgan fingerprint density at radius 3 is 2.19 bits per heavy atom. The summed E-state index contributed by atoms with van der Waals surface area (Å²) in [5, 5.41) is 6.15. The lowest BCUT2D eigenvalue weighted by atomic mass is 10.0. The molecular formula is C26H22F4N4O7S2. The summed E-state index contributed by atoms with van der Waals surface area (Å²) >= 11 is 0. The molecule has 1 fully saturated rings. The summed E-state index contributed by atoms with van der Waals surface area (Å²) < 4.78 is 100. The number of para-hydroxylation sites is 2. The number of nitrogens with zero attached hydrogens (tertiary/aromatic N) is 1. The molecule has 4 N–H and O–H groups in total. The van der Waals surface area contributed by atoms with Gasteiger partial charge in [-0.25, -0.2) is 35.7 Å². The van der Waals surface area contributed by atoms with Gasteiger partial charge < -0.3 is 10.1 Å². The van der Waals surface area contributed by atoms with Crippen LogP contribution in [0.25, 0.3) is 11.0 Å². The fourth-order valence-corrected chi connectivity index (χ4v) is 6.78. The van der Waals surface area contributed by atoms with Crippen molar-refractivity contribution in [1.82, 2.24) is 19.4 Å². The largest absolute Gasteiger partial charge is 0.490 e. The summed E-state index contributed by atoms with van der Waals surface area (Å²) in [6.45, 7) is 0. The third kappa shape index (κ3) is 7.74. The number of alkyl halides is 3. The van der Waals surface area contributed by atoms with Crippen molar-refractivity contribution in [2.45, 2.75) is 35.2 Å². The van der Waals surface area contributed by atoms with Crippen LogP contribution >= 0.6 is 0 Å². The normalized spacial score (nSPS) is 17.1. The van der Waals surface area contributed by atoms with Crippen molar-refractivity contribution in [1.29, 1.82) is 0 Å². The van der Waals surface area contributed by atoms with Crippen LogP contribution in [0.15, 0.2) is 77.7 Å². The molecular weight excluding hydrogens is 620 g/mol. The molecule has 11 nitrogen and oxygen atoms in total. The van der Waals surface area contributed by atoms with Gasteiger partial charge in [0.2, 0.25) is 26.0 Å². The van der Waals surface area contributed by atoms with Crippen LogP contribution in [-0.2, 0) is 36.1 Å². The average Bonchev–Trinajstić information content (AvgIpc) is 3.48. The molecule has 1 amide bonds. The Balaban J connectivity index is 0.000000541. The highest BCUT2D eigenvalue weighted by Crippen LogP contribution is 2.31. The van der Waals surface area contributed by atoms with Crippen molar-refractivity contribution < 1.29 is 49.1 Å². The number of hydrogen-bond donors (Lipinski definition) is 4. The van der Waals surface area contributed by atoms with Gasteiger partial charge in [0.05, 0.1) is 28.4 Å². The van der Waals surface area contributed by atoms with E-state index in [0.717, 1.165) is 17.6 Å². The number of sulfonamides is 2. The van der Waals surface area contributed by atoms with Gasteiger partial charge in [0.1, 0.15) is 16.9 Å². The molecule has 1 unspecified atom stereocenters. The Bertz CT molecular complexity index is 1830. The molecule has 0 saturated carbocycles. The van der Waals surface area contributed by atoms with Gasteiger partial charge in [-0.3, -0.25) is 9.52 Å². The molecule has 2 atom stereocenters. The first-order valence-electron chi connectivity index (χ1n) is 12.2. The van der Waals surface area contributed by atoms with Crippen LogP contribution in [0.2, 0.25) is 0 Å². The maximum atomic E-state index is 13.3. The number of carbonyl (C=O) groups is 2. The SMILES string of the molecule is O=C(O)C(F)(F)F.O=C1CC(c2ccc(C[C@H](NS(=O)(=O)c3ccc(F)cc3)c3nc4ccccc4[nH]3)cc2)S(=O)(=O)N1. The van der Waals surface area contributed by atoms with E-state index < -0.39 is 55.2 Å². The van der Waals surface area contributed by atoms with Crippen LogP contribution in [-0.4, -0.2) is 50.0 Å². The molecule has 5 rings (SSSR count). The molecule has 43 heavy (non-hydrogen) atoms. The molecule has 1 aromatic heterocycles. The zero-order chi connectivity index (χ0) is 31.6. The minimum atomic E-state index is -5.08. The number of aliphatic carboxylic acids is 1. The summed E-state index contributed by atoms with van der Waals surface area (Å²) in [5.74, 6) is -3.47. The Labute approximate surface area is 242 Å². The third-order valence-corrected chi connectivity index (χ3v) is 9.38. The molecule has 0 bridgehead atoms. The van der Waals surface area contributed by atoms with E-state index in [2.05, 4.69) is 14.7 Å². The number of amides is 1. The van der Waals surface area contributed by atoms with Gasteiger partial charge in [-0.1, -0.05) is 36.4 Å². The van der Waals surface area contributed by atoms with Gasteiger partial charge in [0, 0.05) is 0 Å². The van der Waals surface area contributed by atoms with Crippen LogP contribution < -0.4 is 9.44 Å². The van der Waals surface area contributed by atoms with Crippen molar-refractivity contribution in [3.8, 4) is 0 Å². The second-order valence-electron chi connectivity index (χ2n) is 9.28. The van der Waals surface area contributed by atoms with E-state index in [1.807, 2.05) is 22.9 Å². The number of hydrogen-bond acceptors (Lipinski definition) is 7. The van der Waals surface area contributed by atoms with E-state index in [-0.39, 0.29) is 17.7 Å². The minimum absolute atomic E-state index is 0.0935. The van der Waals surface area contributed by atoms with Gasteiger partial charge in [-0.2, -0.15) is 13.2 Å². The molecule has 17 heteroatoms. The van der Waals surface area contributed by atoms with Gasteiger partial charge >= 0.3 is 12.1 Å². The smallest absolute Gasteiger partial charge is 0.475 e. The molecule has 1 aliphatic rings. The number of nitrogens with one attached hydrogen (secondary N) is 3. The van der Waals surface area contributed by atoms with E-state index in [1.165, 1.54) is 12.1 Å². The van der Waals surface area contributed by atoms with Gasteiger partial charge in [0.15, 0.2) is 0 Å². The van der Waals surface area contributed by atoms with Crippen LogP contribution in [0.4, 0.5) is 17.6 Å². The van der Waals surface area contributed by atoms with Crippen LogP contribution in [0.1, 0.15) is 34.7 Å². The second-order valence-corrected chi connectivity index (χ2v) is 12.9. The maximum Gasteiger partial charge on any atom is 0.490 e. The lowest BCUT2D eigenvalue weighted by Crippen LogP contribution is -2.31. The first-order chi connectivity index (χ1) is 20.0. The van der Waals surface area contributed by atoms with E-state index in [9.17, 15) is 39.2 Å². The van der Waals surface area contributed by atoms with E-state index in [1.54, 1.807) is 30.3 Å². The van der Waals surface area contributed by atoms with Crippen molar-refractivity contribution in [3.05, 3.63) is 95.6 Å². The van der Waals surface area contributed by atoms with Crippen molar-refractivity contribution in [3.63, 3.8) is 0 Å². The highest BCUT2D eigenvalue weighted by Gasteiger charge is 2.38. The first kappa shape index (κ1) is 31.6. The summed E-state index contributed by atoms with van der Waals surface area (Å²) in [6, 6.07) is 17.6. The number of imidazole rings is 1. The second kappa shape index (κ2) is 12.1. The molecule has 0 radical (unpaired) electrons. The number of benzene rings is 3. The Kier molecular flexibility index (Phi) is 8.89. The van der Waals surface area contributed by atoms with E-state index in [0.29, 0.717) is 22.5 Å². The molecule has 1 saturated heterocycles.